The van der Waals surface area contributed by atoms with Crippen LogP contribution in [0.2, 0.25) is 5.02 Å². The monoisotopic (exact) mass is 305 g/mol. The third-order valence-electron chi connectivity index (χ3n) is 4.02. The van der Waals surface area contributed by atoms with Gasteiger partial charge in [0, 0.05) is 4.88 Å². The van der Waals surface area contributed by atoms with Crippen molar-refractivity contribution in [3.05, 3.63) is 56.2 Å². The van der Waals surface area contributed by atoms with Crippen molar-refractivity contribution >= 4 is 22.9 Å². The summed E-state index contributed by atoms with van der Waals surface area (Å²) in [6.07, 6.45) is 5.11. The van der Waals surface area contributed by atoms with Crippen LogP contribution in [0.15, 0.2) is 29.6 Å². The minimum absolute atomic E-state index is 0.222. The highest BCUT2D eigenvalue weighted by Gasteiger charge is 2.19. The van der Waals surface area contributed by atoms with Crippen molar-refractivity contribution in [2.45, 2.75) is 38.6 Å². The average Bonchev–Trinajstić information content (AvgIpc) is 2.90. The van der Waals surface area contributed by atoms with Gasteiger partial charge in [0.05, 0.1) is 11.1 Å². The maximum Gasteiger partial charge on any atom is 0.0686 e. The SMILES string of the molecule is CCNC(c1ccc2c(c1)CCCC2)c1sccc1Cl. The molecule has 0 saturated heterocycles. The minimum atomic E-state index is 0.222. The van der Waals surface area contributed by atoms with Crippen LogP contribution in [0.5, 0.6) is 0 Å². The molecule has 1 aliphatic rings. The molecule has 1 aliphatic carbocycles. The van der Waals surface area contributed by atoms with E-state index >= 15 is 0 Å². The number of hydrogen-bond acceptors (Lipinski definition) is 2. The van der Waals surface area contributed by atoms with Crippen LogP contribution in [-0.2, 0) is 12.8 Å². The molecule has 0 spiro atoms. The smallest absolute Gasteiger partial charge is 0.0686 e. The van der Waals surface area contributed by atoms with Crippen molar-refractivity contribution in [3.63, 3.8) is 0 Å². The van der Waals surface area contributed by atoms with E-state index in [0.717, 1.165) is 11.6 Å². The lowest BCUT2D eigenvalue weighted by Gasteiger charge is -2.22. The van der Waals surface area contributed by atoms with E-state index in [9.17, 15) is 0 Å². The number of fused-ring (bicyclic) bond motifs is 1. The molecule has 1 N–H and O–H groups in total. The highest BCUT2D eigenvalue weighted by atomic mass is 35.5. The Hall–Kier alpha value is -0.830. The van der Waals surface area contributed by atoms with Gasteiger partial charge in [-0.05, 0) is 60.4 Å². The molecular weight excluding hydrogens is 286 g/mol. The van der Waals surface area contributed by atoms with Crippen molar-refractivity contribution in [2.24, 2.45) is 0 Å². The second kappa shape index (κ2) is 6.30. The third-order valence-corrected chi connectivity index (χ3v) is 5.44. The zero-order chi connectivity index (χ0) is 13.9. The Bertz CT molecular complexity index is 590. The van der Waals surface area contributed by atoms with E-state index in [1.807, 2.05) is 6.07 Å². The summed E-state index contributed by atoms with van der Waals surface area (Å²) in [4.78, 5) is 1.23. The molecule has 0 radical (unpaired) electrons. The van der Waals surface area contributed by atoms with Gasteiger partial charge in [-0.2, -0.15) is 0 Å². The largest absolute Gasteiger partial charge is 0.306 e. The molecule has 1 unspecified atom stereocenters. The van der Waals surface area contributed by atoms with Crippen LogP contribution in [0.1, 0.15) is 47.4 Å². The predicted molar refractivity (Wildman–Crippen MR) is 87.9 cm³/mol. The molecule has 20 heavy (non-hydrogen) atoms. The summed E-state index contributed by atoms with van der Waals surface area (Å²) < 4.78 is 0. The maximum absolute atomic E-state index is 6.33. The number of benzene rings is 1. The Labute approximate surface area is 130 Å². The average molecular weight is 306 g/mol. The van der Waals surface area contributed by atoms with E-state index in [1.54, 1.807) is 11.3 Å². The van der Waals surface area contributed by atoms with Crippen molar-refractivity contribution in [3.8, 4) is 0 Å². The molecular formula is C17H20ClNS. The fourth-order valence-corrected chi connectivity index (χ4v) is 4.28. The van der Waals surface area contributed by atoms with Gasteiger partial charge in [-0.15, -0.1) is 11.3 Å². The quantitative estimate of drug-likeness (QED) is 0.840. The van der Waals surface area contributed by atoms with Gasteiger partial charge >= 0.3 is 0 Å². The lowest BCUT2D eigenvalue weighted by atomic mass is 9.89. The topological polar surface area (TPSA) is 12.0 Å². The lowest BCUT2D eigenvalue weighted by Crippen LogP contribution is -2.21. The van der Waals surface area contributed by atoms with Gasteiger partial charge in [0.25, 0.3) is 0 Å². The Morgan fingerprint density at radius 1 is 1.20 bits per heavy atom. The van der Waals surface area contributed by atoms with Gasteiger partial charge < -0.3 is 5.32 Å². The number of thiophene rings is 1. The van der Waals surface area contributed by atoms with Crippen LogP contribution >= 0.6 is 22.9 Å². The highest BCUT2D eigenvalue weighted by molar-refractivity contribution is 7.10. The number of nitrogens with one attached hydrogen (secondary N) is 1. The third kappa shape index (κ3) is 2.78. The Morgan fingerprint density at radius 3 is 2.70 bits per heavy atom. The van der Waals surface area contributed by atoms with Gasteiger partial charge in [0.1, 0.15) is 0 Å². The summed E-state index contributed by atoms with van der Waals surface area (Å²) in [7, 11) is 0. The molecule has 1 nitrogen and oxygen atoms in total. The molecule has 3 heteroatoms. The van der Waals surface area contributed by atoms with Crippen LogP contribution in [0.25, 0.3) is 0 Å². The summed E-state index contributed by atoms with van der Waals surface area (Å²) in [5, 5.41) is 6.52. The van der Waals surface area contributed by atoms with Crippen LogP contribution < -0.4 is 5.32 Å². The molecule has 1 atom stereocenters. The maximum atomic E-state index is 6.33. The first-order chi connectivity index (χ1) is 9.79. The van der Waals surface area contributed by atoms with E-state index in [-0.39, 0.29) is 6.04 Å². The van der Waals surface area contributed by atoms with Gasteiger partial charge in [0.15, 0.2) is 0 Å². The zero-order valence-corrected chi connectivity index (χ0v) is 13.4. The first-order valence-electron chi connectivity index (χ1n) is 7.37. The van der Waals surface area contributed by atoms with Gasteiger partial charge in [-0.1, -0.05) is 36.7 Å². The molecule has 1 heterocycles. The van der Waals surface area contributed by atoms with Crippen LogP contribution in [0, 0.1) is 0 Å². The normalized spacial score (nSPS) is 15.9. The lowest BCUT2D eigenvalue weighted by molar-refractivity contribution is 0.633. The molecule has 0 aliphatic heterocycles. The van der Waals surface area contributed by atoms with Crippen LogP contribution in [0.4, 0.5) is 0 Å². The molecule has 0 bridgehead atoms. The second-order valence-corrected chi connectivity index (χ2v) is 6.71. The first kappa shape index (κ1) is 14.1. The molecule has 3 rings (SSSR count). The summed E-state index contributed by atoms with van der Waals surface area (Å²) in [6.45, 7) is 3.09. The van der Waals surface area contributed by atoms with Crippen molar-refractivity contribution < 1.29 is 0 Å². The van der Waals surface area contributed by atoms with Crippen LogP contribution in [-0.4, -0.2) is 6.54 Å². The Kier molecular flexibility index (Phi) is 4.45. The molecule has 1 aromatic heterocycles. The van der Waals surface area contributed by atoms with E-state index in [0.29, 0.717) is 0 Å². The van der Waals surface area contributed by atoms with Crippen LogP contribution in [0.3, 0.4) is 0 Å². The second-order valence-electron chi connectivity index (χ2n) is 5.36. The van der Waals surface area contributed by atoms with Crippen molar-refractivity contribution in [1.29, 1.82) is 0 Å². The molecule has 0 fully saturated rings. The standard InChI is InChI=1S/C17H20ClNS/c1-2-19-16(17-15(18)9-10-20-17)14-8-7-12-5-3-4-6-13(12)11-14/h7-11,16,19H,2-6H2,1H3. The Morgan fingerprint density at radius 2 is 2.00 bits per heavy atom. The predicted octanol–water partition coefficient (Wildman–Crippen LogP) is 4.98. The fraction of sp³-hybridized carbons (Fsp3) is 0.412. The first-order valence-corrected chi connectivity index (χ1v) is 8.63. The molecule has 2 aromatic rings. The summed E-state index contributed by atoms with van der Waals surface area (Å²) in [6, 6.07) is 9.19. The van der Waals surface area contributed by atoms with Crippen molar-refractivity contribution in [1.82, 2.24) is 5.32 Å². The summed E-state index contributed by atoms with van der Waals surface area (Å²) >= 11 is 8.07. The van der Waals surface area contributed by atoms with Gasteiger partial charge in [-0.3, -0.25) is 0 Å². The van der Waals surface area contributed by atoms with E-state index in [1.165, 1.54) is 47.3 Å². The summed E-state index contributed by atoms with van der Waals surface area (Å²) in [5.41, 5.74) is 4.41. The van der Waals surface area contributed by atoms with Gasteiger partial charge in [0.2, 0.25) is 0 Å². The van der Waals surface area contributed by atoms with E-state index < -0.39 is 0 Å². The zero-order valence-electron chi connectivity index (χ0n) is 11.8. The molecule has 106 valence electrons. The van der Waals surface area contributed by atoms with E-state index in [4.69, 9.17) is 11.6 Å². The molecule has 0 saturated carbocycles. The Balaban J connectivity index is 1.97. The number of aryl methyl sites for hydroxylation is 2. The number of hydrogen-bond donors (Lipinski definition) is 1. The fourth-order valence-electron chi connectivity index (χ4n) is 3.01. The number of rotatable bonds is 4. The summed E-state index contributed by atoms with van der Waals surface area (Å²) in [5.74, 6) is 0. The molecule has 0 amide bonds. The minimum Gasteiger partial charge on any atom is -0.306 e. The van der Waals surface area contributed by atoms with E-state index in [2.05, 4.69) is 35.8 Å². The van der Waals surface area contributed by atoms with Gasteiger partial charge in [-0.25, -0.2) is 0 Å². The number of halogens is 1. The molecule has 1 aromatic carbocycles. The van der Waals surface area contributed by atoms with Crippen molar-refractivity contribution in [2.75, 3.05) is 6.54 Å². The highest BCUT2D eigenvalue weighted by Crippen LogP contribution is 2.34.